The smallest absolute Gasteiger partial charge is 0.232 e. The maximum Gasteiger partial charge on any atom is 0.232 e. The summed E-state index contributed by atoms with van der Waals surface area (Å²) in [7, 11) is 2.20. The fraction of sp³-hybridized carbons (Fsp3) is 0.950. The average molecular weight is 667 g/mol. The fourth-order valence-corrected chi connectivity index (χ4v) is 13.6. The molecule has 1 N–H and O–H groups in total. The zero-order valence-corrected chi connectivity index (χ0v) is 30.9. The molecule has 270 valence electrons. The molecular formula is C40H66N4O4. The van der Waals surface area contributed by atoms with Gasteiger partial charge in [0.05, 0.1) is 12.7 Å². The van der Waals surface area contributed by atoms with Crippen LogP contribution in [0.2, 0.25) is 0 Å². The normalized spacial score (nSPS) is 48.4. The number of piperazine rings is 1. The van der Waals surface area contributed by atoms with Gasteiger partial charge in [-0.05, 0) is 124 Å². The van der Waals surface area contributed by atoms with E-state index in [2.05, 4.69) is 49.9 Å². The highest BCUT2D eigenvalue weighted by Crippen LogP contribution is 2.71. The predicted molar refractivity (Wildman–Crippen MR) is 187 cm³/mol. The van der Waals surface area contributed by atoms with Crippen molar-refractivity contribution in [2.24, 2.45) is 52.3 Å². The maximum absolute atomic E-state index is 13.2. The molecule has 4 saturated carbocycles. The number of carbonyl (C=O) groups is 2. The molecule has 8 fully saturated rings. The van der Waals surface area contributed by atoms with E-state index in [9.17, 15) is 9.59 Å². The number of nitrogens with zero attached hydrogens (tertiary/aromatic N) is 3. The zero-order chi connectivity index (χ0) is 33.4. The van der Waals surface area contributed by atoms with E-state index in [1.807, 2.05) is 4.90 Å². The Kier molecular flexibility index (Phi) is 9.02. The molecule has 0 aromatic heterocycles. The van der Waals surface area contributed by atoms with Crippen LogP contribution in [0, 0.1) is 52.3 Å². The highest BCUT2D eigenvalue weighted by Gasteiger charge is 2.69. The molecule has 0 aromatic rings. The lowest BCUT2D eigenvalue weighted by atomic mass is 9.44. The molecule has 48 heavy (non-hydrogen) atoms. The first-order chi connectivity index (χ1) is 23.0. The number of likely N-dealkylation sites (N-methyl/N-ethyl adjacent to an activating group) is 1. The summed E-state index contributed by atoms with van der Waals surface area (Å²) in [4.78, 5) is 33.3. The number of hydrogen-bond acceptors (Lipinski definition) is 6. The lowest BCUT2D eigenvalue weighted by Crippen LogP contribution is -2.56. The quantitative estimate of drug-likeness (QED) is 0.397. The highest BCUT2D eigenvalue weighted by atomic mass is 16.7. The summed E-state index contributed by atoms with van der Waals surface area (Å²) >= 11 is 0. The molecule has 2 amide bonds. The summed E-state index contributed by atoms with van der Waals surface area (Å²) in [5.74, 6) is 4.41. The first-order valence-electron chi connectivity index (χ1n) is 20.3. The van der Waals surface area contributed by atoms with Crippen molar-refractivity contribution in [3.63, 3.8) is 0 Å². The monoisotopic (exact) mass is 667 g/mol. The number of amides is 2. The average Bonchev–Trinajstić information content (AvgIpc) is 3.52. The summed E-state index contributed by atoms with van der Waals surface area (Å²) in [5, 5.41) is 3.35. The molecule has 1 unspecified atom stereocenters. The van der Waals surface area contributed by atoms with E-state index >= 15 is 0 Å². The van der Waals surface area contributed by atoms with E-state index in [4.69, 9.17) is 9.47 Å². The van der Waals surface area contributed by atoms with Crippen molar-refractivity contribution in [3.05, 3.63) is 0 Å². The van der Waals surface area contributed by atoms with Crippen molar-refractivity contribution in [1.29, 1.82) is 0 Å². The second kappa shape index (κ2) is 12.8. The standard InChI is InChI=1S/C40H66N4O4/c1-26-8-15-40(47-25-26)27(2)37-34(48-40)23-33-31-7-6-28-22-29(9-13-38(28,3)32(31)10-14-39(33,37)4)41-35(45)24-36(46)44-16-11-30(12-17-44)43-20-18-42(5)19-21-43/h26-34,37H,6-25H2,1-5H3,(H,41,45)/t26-,27-,28+,29-,31+,32?,33-,34-,37-,38-,39-,40+/m0/s1. The Balaban J connectivity index is 0.831. The highest BCUT2D eigenvalue weighted by molar-refractivity contribution is 5.97. The molecule has 8 aliphatic rings. The Morgan fingerprint density at radius 2 is 1.56 bits per heavy atom. The molecule has 4 aliphatic carbocycles. The molecule has 4 aliphatic heterocycles. The molecule has 8 heteroatoms. The van der Waals surface area contributed by atoms with Crippen molar-refractivity contribution in [2.45, 2.75) is 135 Å². The van der Waals surface area contributed by atoms with E-state index in [-0.39, 0.29) is 30.1 Å². The molecule has 12 atom stereocenters. The molecule has 8 rings (SSSR count). The first-order valence-corrected chi connectivity index (χ1v) is 20.3. The second-order valence-electron chi connectivity index (χ2n) is 18.8. The van der Waals surface area contributed by atoms with Crippen LogP contribution >= 0.6 is 0 Å². The Labute approximate surface area is 290 Å². The number of hydrogen-bond donors (Lipinski definition) is 1. The van der Waals surface area contributed by atoms with E-state index < -0.39 is 0 Å². The van der Waals surface area contributed by atoms with E-state index in [1.54, 1.807) is 0 Å². The number of ether oxygens (including phenoxy) is 2. The Hall–Kier alpha value is -1.22. The van der Waals surface area contributed by atoms with E-state index in [0.29, 0.717) is 46.6 Å². The van der Waals surface area contributed by atoms with Gasteiger partial charge in [-0.1, -0.05) is 27.7 Å². The predicted octanol–water partition coefficient (Wildman–Crippen LogP) is 5.55. The van der Waals surface area contributed by atoms with Gasteiger partial charge in [0, 0.05) is 63.7 Å². The second-order valence-corrected chi connectivity index (χ2v) is 18.8. The van der Waals surface area contributed by atoms with Crippen molar-refractivity contribution in [1.82, 2.24) is 20.0 Å². The number of nitrogens with one attached hydrogen (secondary N) is 1. The number of carbonyl (C=O) groups excluding carboxylic acids is 2. The third-order valence-corrected chi connectivity index (χ3v) is 16.5. The third kappa shape index (κ3) is 5.69. The molecular weight excluding hydrogens is 600 g/mol. The number of rotatable bonds is 4. The van der Waals surface area contributed by atoms with Crippen molar-refractivity contribution in [2.75, 3.05) is 52.9 Å². The minimum absolute atomic E-state index is 0.0107. The Morgan fingerprint density at radius 3 is 2.29 bits per heavy atom. The summed E-state index contributed by atoms with van der Waals surface area (Å²) in [6.07, 6.45) is 14.6. The van der Waals surface area contributed by atoms with Crippen molar-refractivity contribution >= 4 is 11.8 Å². The number of fused-ring (bicyclic) bond motifs is 7. The topological polar surface area (TPSA) is 74.3 Å². The summed E-state index contributed by atoms with van der Waals surface area (Å²) in [6.45, 7) is 17.0. The SMILES string of the molecule is C[C@H]1CC[C@@]2(OC1)O[C@H]1C[C@H]3[C@@H]4CC[C@@H]5C[C@@H](NC(=O)CC(=O)N6CCC(N7CCN(C)CC7)CC6)CC[C@]5(C)C4CC[C@]3(C)[C@H]1[C@@H]2C. The fourth-order valence-electron chi connectivity index (χ4n) is 13.6. The van der Waals surface area contributed by atoms with Crippen LogP contribution in [-0.4, -0.2) is 103 Å². The van der Waals surface area contributed by atoms with Crippen LogP contribution in [0.4, 0.5) is 0 Å². The Bertz CT molecular complexity index is 1210. The van der Waals surface area contributed by atoms with Gasteiger partial charge < -0.3 is 24.6 Å². The van der Waals surface area contributed by atoms with Crippen LogP contribution in [-0.2, 0) is 19.1 Å². The van der Waals surface area contributed by atoms with Gasteiger partial charge in [-0.15, -0.1) is 0 Å². The zero-order valence-electron chi connectivity index (χ0n) is 30.9. The van der Waals surface area contributed by atoms with Crippen LogP contribution < -0.4 is 5.32 Å². The molecule has 8 nitrogen and oxygen atoms in total. The largest absolute Gasteiger partial charge is 0.353 e. The summed E-state index contributed by atoms with van der Waals surface area (Å²) in [6, 6.07) is 0.796. The minimum atomic E-state index is -0.328. The molecule has 1 spiro atoms. The summed E-state index contributed by atoms with van der Waals surface area (Å²) in [5.41, 5.74) is 0.728. The lowest BCUT2D eigenvalue weighted by molar-refractivity contribution is -0.273. The first kappa shape index (κ1) is 33.9. The van der Waals surface area contributed by atoms with Gasteiger partial charge in [-0.2, -0.15) is 0 Å². The van der Waals surface area contributed by atoms with Gasteiger partial charge >= 0.3 is 0 Å². The lowest BCUT2D eigenvalue weighted by Gasteiger charge is -2.61. The number of likely N-dealkylation sites (tertiary alicyclic amines) is 1. The van der Waals surface area contributed by atoms with Gasteiger partial charge in [0.2, 0.25) is 11.8 Å². The van der Waals surface area contributed by atoms with Gasteiger partial charge in [0.25, 0.3) is 0 Å². The van der Waals surface area contributed by atoms with Gasteiger partial charge in [0.1, 0.15) is 6.42 Å². The molecule has 4 saturated heterocycles. The minimum Gasteiger partial charge on any atom is -0.353 e. The molecule has 4 heterocycles. The molecule has 0 bridgehead atoms. The van der Waals surface area contributed by atoms with Gasteiger partial charge in [0.15, 0.2) is 5.79 Å². The van der Waals surface area contributed by atoms with Gasteiger partial charge in [-0.25, -0.2) is 0 Å². The van der Waals surface area contributed by atoms with Crippen LogP contribution in [0.15, 0.2) is 0 Å². The van der Waals surface area contributed by atoms with Gasteiger partial charge in [-0.3, -0.25) is 14.5 Å². The third-order valence-electron chi connectivity index (χ3n) is 16.5. The summed E-state index contributed by atoms with van der Waals surface area (Å²) < 4.78 is 13.5. The van der Waals surface area contributed by atoms with E-state index in [0.717, 1.165) is 95.7 Å². The van der Waals surface area contributed by atoms with E-state index in [1.165, 1.54) is 44.9 Å². The Morgan fingerprint density at radius 1 is 0.812 bits per heavy atom. The maximum atomic E-state index is 13.2. The van der Waals surface area contributed by atoms with Crippen LogP contribution in [0.3, 0.4) is 0 Å². The molecule has 0 aromatic carbocycles. The van der Waals surface area contributed by atoms with Crippen LogP contribution in [0.1, 0.15) is 111 Å². The van der Waals surface area contributed by atoms with Crippen molar-refractivity contribution in [3.8, 4) is 0 Å². The number of piperidine rings is 1. The van der Waals surface area contributed by atoms with Crippen LogP contribution in [0.25, 0.3) is 0 Å². The van der Waals surface area contributed by atoms with Crippen molar-refractivity contribution < 1.29 is 19.1 Å². The molecule has 0 radical (unpaired) electrons. The van der Waals surface area contributed by atoms with Crippen LogP contribution in [0.5, 0.6) is 0 Å².